The zero-order chi connectivity index (χ0) is 39.8. The van der Waals surface area contributed by atoms with Gasteiger partial charge in [-0.3, -0.25) is 19.2 Å². The first-order valence-electron chi connectivity index (χ1n) is 18.9. The Balaban J connectivity index is 1.38. The fourth-order valence-corrected chi connectivity index (χ4v) is 7.00. The highest BCUT2D eigenvalue weighted by atomic mass is 16.7. The van der Waals surface area contributed by atoms with Gasteiger partial charge in [0.05, 0.1) is 13.2 Å². The lowest BCUT2D eigenvalue weighted by molar-refractivity contribution is -0.267. The maximum absolute atomic E-state index is 14.9. The van der Waals surface area contributed by atoms with Crippen molar-refractivity contribution in [1.29, 1.82) is 0 Å². The summed E-state index contributed by atoms with van der Waals surface area (Å²) in [6, 6.07) is 26.1. The average molecular weight is 765 g/mol. The Morgan fingerprint density at radius 1 is 0.768 bits per heavy atom. The number of hydrogen-bond acceptors (Lipinski definition) is 9. The van der Waals surface area contributed by atoms with Crippen LogP contribution in [0.25, 0.3) is 0 Å². The highest BCUT2D eigenvalue weighted by Crippen LogP contribution is 2.33. The number of aromatic hydroxyl groups is 3. The second kappa shape index (κ2) is 18.0. The lowest BCUT2D eigenvalue weighted by atomic mass is 9.94. The highest BCUT2D eigenvalue weighted by Gasteiger charge is 2.55. The van der Waals surface area contributed by atoms with E-state index in [-0.39, 0.29) is 49.7 Å². The summed E-state index contributed by atoms with van der Waals surface area (Å²) >= 11 is 0. The van der Waals surface area contributed by atoms with Crippen molar-refractivity contribution in [1.82, 2.24) is 20.2 Å². The fraction of sp³-hybridized carbons (Fsp3) is 0.349. The number of phenolic OH excluding ortho intramolecular Hbond substituents is 3. The van der Waals surface area contributed by atoms with Gasteiger partial charge in [-0.05, 0) is 71.0 Å². The van der Waals surface area contributed by atoms with Crippen LogP contribution >= 0.6 is 0 Å². The largest absolute Gasteiger partial charge is 0.508 e. The molecule has 4 aromatic carbocycles. The number of phenols is 3. The number of fused-ring (bicyclic) bond motifs is 1. The van der Waals surface area contributed by atoms with Crippen molar-refractivity contribution in [3.05, 3.63) is 125 Å². The first-order valence-corrected chi connectivity index (χ1v) is 18.9. The lowest BCUT2D eigenvalue weighted by Gasteiger charge is -2.53. The van der Waals surface area contributed by atoms with Crippen molar-refractivity contribution in [2.24, 2.45) is 5.92 Å². The summed E-state index contributed by atoms with van der Waals surface area (Å²) in [5.41, 5.74) is 2.91. The molecule has 2 aliphatic heterocycles. The van der Waals surface area contributed by atoms with Gasteiger partial charge in [-0.2, -0.15) is 5.06 Å². The zero-order valence-corrected chi connectivity index (χ0v) is 31.5. The number of nitrogens with zero attached hydrogens (tertiary/aromatic N) is 3. The van der Waals surface area contributed by atoms with Crippen molar-refractivity contribution in [2.45, 2.75) is 70.3 Å². The van der Waals surface area contributed by atoms with E-state index in [9.17, 15) is 34.5 Å². The van der Waals surface area contributed by atoms with Crippen LogP contribution in [0.5, 0.6) is 17.2 Å². The standard InChI is InChI=1S/C43H48N4O9/c1-28(2)20-22-44-40(51)36(24-31-10-16-34(49)17-11-31)45-27-39-46(37(41(45)52)25-32-12-18-35(50)19-13-32)42(53)38(26-30-6-4-3-5-7-30)56-47(39)43(54)55-23-21-29-8-14-33(48)15-9-29/h3-19,28,36-39,48-50H,20-27H2,1-2H3,(H,44,51)/t36-,37-,38+,39?/m0/s1. The second-order valence-corrected chi connectivity index (χ2v) is 14.6. The molecule has 0 aromatic heterocycles. The van der Waals surface area contributed by atoms with Gasteiger partial charge in [0.15, 0.2) is 12.3 Å². The van der Waals surface area contributed by atoms with Gasteiger partial charge in [0.2, 0.25) is 11.8 Å². The number of ether oxygens (including phenoxy) is 1. The molecule has 294 valence electrons. The van der Waals surface area contributed by atoms with E-state index in [0.717, 1.165) is 16.2 Å². The van der Waals surface area contributed by atoms with E-state index < -0.39 is 48.2 Å². The molecule has 0 bridgehead atoms. The molecule has 0 spiro atoms. The summed E-state index contributed by atoms with van der Waals surface area (Å²) in [5, 5.41) is 33.7. The molecule has 2 saturated heterocycles. The Bertz CT molecular complexity index is 1960. The van der Waals surface area contributed by atoms with Gasteiger partial charge >= 0.3 is 6.09 Å². The summed E-state index contributed by atoms with van der Waals surface area (Å²) in [7, 11) is 0. The van der Waals surface area contributed by atoms with Crippen molar-refractivity contribution in [3.8, 4) is 17.2 Å². The predicted octanol–water partition coefficient (Wildman–Crippen LogP) is 4.72. The minimum absolute atomic E-state index is 0.0144. The summed E-state index contributed by atoms with van der Waals surface area (Å²) < 4.78 is 5.74. The Kier molecular flexibility index (Phi) is 12.8. The number of hydroxylamine groups is 2. The number of nitrogens with one attached hydrogen (secondary N) is 1. The second-order valence-electron chi connectivity index (χ2n) is 14.6. The van der Waals surface area contributed by atoms with E-state index in [2.05, 4.69) is 5.32 Å². The van der Waals surface area contributed by atoms with Crippen molar-refractivity contribution >= 4 is 23.8 Å². The van der Waals surface area contributed by atoms with Gasteiger partial charge in [0.25, 0.3) is 5.91 Å². The Labute approximate surface area is 326 Å². The van der Waals surface area contributed by atoms with E-state index in [4.69, 9.17) is 9.57 Å². The molecule has 1 unspecified atom stereocenters. The highest BCUT2D eigenvalue weighted by molar-refractivity contribution is 5.95. The Hall–Kier alpha value is -6.08. The molecular weight excluding hydrogens is 716 g/mol. The van der Waals surface area contributed by atoms with Gasteiger partial charge < -0.3 is 35.2 Å². The number of amides is 4. The molecule has 4 N–H and O–H groups in total. The fourth-order valence-electron chi connectivity index (χ4n) is 7.00. The van der Waals surface area contributed by atoms with Gasteiger partial charge in [0.1, 0.15) is 29.3 Å². The normalized spacial score (nSPS) is 18.8. The molecule has 2 aliphatic rings. The van der Waals surface area contributed by atoms with Crippen LogP contribution < -0.4 is 5.32 Å². The van der Waals surface area contributed by atoms with E-state index in [1.165, 1.54) is 46.2 Å². The predicted molar refractivity (Wildman–Crippen MR) is 206 cm³/mol. The Morgan fingerprint density at radius 3 is 1.95 bits per heavy atom. The molecular formula is C43H48N4O9. The van der Waals surface area contributed by atoms with E-state index in [1.807, 2.05) is 44.2 Å². The van der Waals surface area contributed by atoms with Crippen molar-refractivity contribution < 1.29 is 44.1 Å². The van der Waals surface area contributed by atoms with Gasteiger partial charge in [-0.1, -0.05) is 80.6 Å². The number of carbonyl (C=O) groups is 4. The summed E-state index contributed by atoms with van der Waals surface area (Å²) in [5.74, 6) is -0.899. The van der Waals surface area contributed by atoms with Crippen LogP contribution in [-0.4, -0.2) is 98.0 Å². The molecule has 2 fully saturated rings. The maximum atomic E-state index is 14.9. The third kappa shape index (κ3) is 9.77. The molecule has 2 heterocycles. The topological polar surface area (TPSA) is 169 Å². The molecule has 0 saturated carbocycles. The monoisotopic (exact) mass is 764 g/mol. The quantitative estimate of drug-likeness (QED) is 0.142. The molecule has 4 aromatic rings. The summed E-state index contributed by atoms with van der Waals surface area (Å²) in [6.07, 6.45) is -2.00. The van der Waals surface area contributed by atoms with Gasteiger partial charge in [0, 0.05) is 32.2 Å². The van der Waals surface area contributed by atoms with Crippen LogP contribution in [0.4, 0.5) is 4.79 Å². The van der Waals surface area contributed by atoms with E-state index in [1.54, 1.807) is 36.4 Å². The molecule has 6 rings (SSSR count). The molecule has 13 heteroatoms. The first-order chi connectivity index (χ1) is 27.0. The summed E-state index contributed by atoms with van der Waals surface area (Å²) in [6.45, 7) is 4.15. The van der Waals surface area contributed by atoms with Crippen molar-refractivity contribution in [2.75, 3.05) is 19.7 Å². The maximum Gasteiger partial charge on any atom is 0.436 e. The molecule has 56 heavy (non-hydrogen) atoms. The summed E-state index contributed by atoms with van der Waals surface area (Å²) in [4.78, 5) is 66.8. The molecule has 13 nitrogen and oxygen atoms in total. The van der Waals surface area contributed by atoms with Gasteiger partial charge in [-0.25, -0.2) is 4.79 Å². The number of piperazine rings is 1. The SMILES string of the molecule is CC(C)CCNC(=O)[C@H](Cc1ccc(O)cc1)N1CC2N(C(=O)OCCc3ccc(O)cc3)O[C@H](Cc3ccccc3)C(=O)N2[C@@H](Cc2ccc(O)cc2)C1=O. The van der Waals surface area contributed by atoms with E-state index >= 15 is 0 Å². The molecule has 0 radical (unpaired) electrons. The Morgan fingerprint density at radius 2 is 1.34 bits per heavy atom. The zero-order valence-electron chi connectivity index (χ0n) is 31.5. The number of benzene rings is 4. The molecule has 4 amide bonds. The van der Waals surface area contributed by atoms with Crippen LogP contribution in [0.2, 0.25) is 0 Å². The van der Waals surface area contributed by atoms with Crippen LogP contribution in [0.3, 0.4) is 0 Å². The van der Waals surface area contributed by atoms with Crippen molar-refractivity contribution in [3.63, 3.8) is 0 Å². The number of rotatable bonds is 14. The van der Waals surface area contributed by atoms with E-state index in [0.29, 0.717) is 36.4 Å². The smallest absolute Gasteiger partial charge is 0.436 e. The van der Waals surface area contributed by atoms with Crippen LogP contribution in [0.15, 0.2) is 103 Å². The third-order valence-electron chi connectivity index (χ3n) is 10.1. The molecule has 4 atom stereocenters. The molecule has 0 aliphatic carbocycles. The average Bonchev–Trinajstić information content (AvgIpc) is 3.18. The number of hydrogen-bond donors (Lipinski definition) is 4. The van der Waals surface area contributed by atoms with Crippen LogP contribution in [0, 0.1) is 5.92 Å². The minimum Gasteiger partial charge on any atom is -0.508 e. The number of carbonyl (C=O) groups excluding carboxylic acids is 4. The van der Waals surface area contributed by atoms with Gasteiger partial charge in [-0.15, -0.1) is 0 Å². The minimum atomic E-state index is -1.19. The van der Waals surface area contributed by atoms with Crippen LogP contribution in [0.1, 0.15) is 42.5 Å². The lowest BCUT2D eigenvalue weighted by Crippen LogP contribution is -2.75. The first kappa shape index (κ1) is 39.6. The van der Waals surface area contributed by atoms with Crippen LogP contribution in [-0.2, 0) is 49.6 Å². The third-order valence-corrected chi connectivity index (χ3v) is 10.1.